The van der Waals surface area contributed by atoms with Gasteiger partial charge in [0.15, 0.2) is 0 Å². The molecule has 0 bridgehead atoms. The van der Waals surface area contributed by atoms with Gasteiger partial charge >= 0.3 is 0 Å². The van der Waals surface area contributed by atoms with Crippen molar-refractivity contribution in [3.05, 3.63) is 0 Å². The molecule has 1 rings (SSSR count). The third-order valence-electron chi connectivity index (χ3n) is 2.56. The van der Waals surface area contributed by atoms with Crippen molar-refractivity contribution in [2.24, 2.45) is 0 Å². The molecule has 1 fully saturated rings. The van der Waals surface area contributed by atoms with Crippen molar-refractivity contribution in [3.63, 3.8) is 0 Å². The van der Waals surface area contributed by atoms with Gasteiger partial charge in [0.25, 0.3) is 0 Å². The van der Waals surface area contributed by atoms with Crippen LogP contribution in [0.25, 0.3) is 0 Å². The van der Waals surface area contributed by atoms with Gasteiger partial charge < -0.3 is 14.6 Å². The molecular formula is C8H16NO3S-. The Bertz CT molecular complexity index is 178. The Morgan fingerprint density at radius 3 is 2.92 bits per heavy atom. The minimum absolute atomic E-state index is 0.116. The first-order chi connectivity index (χ1) is 6.18. The van der Waals surface area contributed by atoms with Gasteiger partial charge in [0.1, 0.15) is 0 Å². The highest BCUT2D eigenvalue weighted by molar-refractivity contribution is 7.79. The average Bonchev–Trinajstić information content (AvgIpc) is 2.30. The van der Waals surface area contributed by atoms with Crippen molar-refractivity contribution in [1.82, 2.24) is 5.32 Å². The van der Waals surface area contributed by atoms with E-state index in [-0.39, 0.29) is 5.75 Å². The van der Waals surface area contributed by atoms with E-state index in [0.29, 0.717) is 0 Å². The van der Waals surface area contributed by atoms with Crippen LogP contribution in [0.2, 0.25) is 0 Å². The molecule has 1 saturated heterocycles. The summed E-state index contributed by atoms with van der Waals surface area (Å²) in [4.78, 5) is 0. The molecule has 0 aliphatic carbocycles. The topological polar surface area (TPSA) is 61.4 Å². The zero-order valence-corrected chi connectivity index (χ0v) is 8.69. The van der Waals surface area contributed by atoms with Gasteiger partial charge in [0, 0.05) is 12.9 Å². The maximum absolute atomic E-state index is 10.6. The van der Waals surface area contributed by atoms with Crippen molar-refractivity contribution in [2.75, 3.05) is 26.0 Å². The Balaban J connectivity index is 2.58. The highest BCUT2D eigenvalue weighted by atomic mass is 32.2. The second-order valence-electron chi connectivity index (χ2n) is 3.44. The second kappa shape index (κ2) is 5.05. The van der Waals surface area contributed by atoms with E-state index in [1.807, 2.05) is 0 Å². The molecule has 1 aliphatic rings. The van der Waals surface area contributed by atoms with E-state index in [4.69, 9.17) is 4.74 Å². The number of rotatable bonds is 3. The van der Waals surface area contributed by atoms with E-state index in [9.17, 15) is 8.76 Å². The van der Waals surface area contributed by atoms with Gasteiger partial charge in [-0.3, -0.25) is 4.21 Å². The summed E-state index contributed by atoms with van der Waals surface area (Å²) in [5.41, 5.74) is -0.448. The lowest BCUT2D eigenvalue weighted by molar-refractivity contribution is -0.000899. The van der Waals surface area contributed by atoms with Crippen LogP contribution in [0, 0.1) is 0 Å². The van der Waals surface area contributed by atoms with Gasteiger partial charge in [0.2, 0.25) is 0 Å². The maximum atomic E-state index is 10.6. The molecule has 0 amide bonds. The van der Waals surface area contributed by atoms with Crippen LogP contribution in [-0.4, -0.2) is 40.3 Å². The van der Waals surface area contributed by atoms with Crippen LogP contribution in [0.15, 0.2) is 0 Å². The Morgan fingerprint density at radius 2 is 2.31 bits per heavy atom. The fourth-order valence-corrected chi connectivity index (χ4v) is 2.56. The van der Waals surface area contributed by atoms with Gasteiger partial charge in [-0.15, -0.1) is 0 Å². The van der Waals surface area contributed by atoms with Crippen molar-refractivity contribution in [3.8, 4) is 0 Å². The predicted molar refractivity (Wildman–Crippen MR) is 50.2 cm³/mol. The van der Waals surface area contributed by atoms with Gasteiger partial charge in [0.05, 0.1) is 5.60 Å². The van der Waals surface area contributed by atoms with E-state index < -0.39 is 16.7 Å². The smallest absolute Gasteiger partial charge is 0.0794 e. The molecule has 13 heavy (non-hydrogen) atoms. The highest BCUT2D eigenvalue weighted by Crippen LogP contribution is 2.24. The molecular weight excluding hydrogens is 190 g/mol. The minimum Gasteiger partial charge on any atom is -0.772 e. The van der Waals surface area contributed by atoms with Crippen LogP contribution in [0.5, 0.6) is 0 Å². The van der Waals surface area contributed by atoms with E-state index in [2.05, 4.69) is 5.32 Å². The van der Waals surface area contributed by atoms with Crippen molar-refractivity contribution in [2.45, 2.75) is 24.9 Å². The zero-order chi connectivity index (χ0) is 9.73. The number of hydrogen-bond acceptors (Lipinski definition) is 4. The van der Waals surface area contributed by atoms with Crippen LogP contribution in [0.3, 0.4) is 0 Å². The maximum Gasteiger partial charge on any atom is 0.0794 e. The monoisotopic (exact) mass is 206 g/mol. The number of hydrogen-bond donors (Lipinski definition) is 1. The van der Waals surface area contributed by atoms with Crippen molar-refractivity contribution in [1.29, 1.82) is 0 Å². The Labute approximate surface area is 81.3 Å². The van der Waals surface area contributed by atoms with Crippen LogP contribution in [0.4, 0.5) is 0 Å². The van der Waals surface area contributed by atoms with Crippen LogP contribution < -0.4 is 5.32 Å². The first-order valence-corrected chi connectivity index (χ1v) is 5.75. The molecule has 1 N–H and O–H groups in total. The fraction of sp³-hybridized carbons (Fsp3) is 1.00. The van der Waals surface area contributed by atoms with E-state index >= 15 is 0 Å². The summed E-state index contributed by atoms with van der Waals surface area (Å²) in [6.07, 6.45) is 2.58. The van der Waals surface area contributed by atoms with Gasteiger partial charge in [-0.1, -0.05) is 11.1 Å². The zero-order valence-electron chi connectivity index (χ0n) is 7.88. The first kappa shape index (κ1) is 11.1. The Kier molecular flexibility index (Phi) is 4.31. The molecule has 0 saturated carbocycles. The minimum atomic E-state index is -2.01. The lowest BCUT2D eigenvalue weighted by Crippen LogP contribution is -2.38. The van der Waals surface area contributed by atoms with E-state index in [0.717, 1.165) is 32.4 Å². The molecule has 0 aromatic rings. The number of nitrogens with one attached hydrogen (secondary N) is 1. The van der Waals surface area contributed by atoms with Crippen LogP contribution in [-0.2, 0) is 15.8 Å². The Morgan fingerprint density at radius 1 is 1.54 bits per heavy atom. The SMILES string of the molecule is COC1(CS(=O)[O-])CCCNCC1. The van der Waals surface area contributed by atoms with Crippen LogP contribution >= 0.6 is 0 Å². The van der Waals surface area contributed by atoms with Gasteiger partial charge in [-0.05, 0) is 32.4 Å². The van der Waals surface area contributed by atoms with Gasteiger partial charge in [-0.25, -0.2) is 0 Å². The highest BCUT2D eigenvalue weighted by Gasteiger charge is 2.30. The third kappa shape index (κ3) is 3.34. The molecule has 78 valence electrons. The van der Waals surface area contributed by atoms with Crippen molar-refractivity contribution >= 4 is 11.1 Å². The second-order valence-corrected chi connectivity index (χ2v) is 4.33. The molecule has 2 unspecified atom stereocenters. The molecule has 1 aliphatic heterocycles. The van der Waals surface area contributed by atoms with E-state index in [1.165, 1.54) is 0 Å². The summed E-state index contributed by atoms with van der Waals surface area (Å²) in [6, 6.07) is 0. The molecule has 0 spiro atoms. The Hall–Kier alpha value is 0.0300. The summed E-state index contributed by atoms with van der Waals surface area (Å²) in [5.74, 6) is 0.116. The average molecular weight is 206 g/mol. The summed E-state index contributed by atoms with van der Waals surface area (Å²) in [6.45, 7) is 1.79. The lowest BCUT2D eigenvalue weighted by Gasteiger charge is -2.31. The summed E-state index contributed by atoms with van der Waals surface area (Å²) >= 11 is -2.01. The van der Waals surface area contributed by atoms with Gasteiger partial charge in [-0.2, -0.15) is 0 Å². The largest absolute Gasteiger partial charge is 0.772 e. The summed E-state index contributed by atoms with van der Waals surface area (Å²) < 4.78 is 26.6. The normalized spacial score (nSPS) is 32.5. The quantitative estimate of drug-likeness (QED) is 0.661. The molecule has 0 aromatic carbocycles. The molecule has 0 aromatic heterocycles. The standard InChI is InChI=1S/C8H17NO3S/c1-12-8(7-13(10)11)3-2-5-9-6-4-8/h9H,2-7H2,1H3,(H,10,11)/p-1. The molecule has 5 heteroatoms. The first-order valence-electron chi connectivity index (χ1n) is 4.50. The molecule has 0 radical (unpaired) electrons. The lowest BCUT2D eigenvalue weighted by atomic mass is 9.97. The third-order valence-corrected chi connectivity index (χ3v) is 3.32. The molecule has 1 heterocycles. The number of methoxy groups -OCH3 is 1. The fourth-order valence-electron chi connectivity index (χ4n) is 1.72. The predicted octanol–water partition coefficient (Wildman–Crippen LogP) is 0.0242. The van der Waals surface area contributed by atoms with Crippen molar-refractivity contribution < 1.29 is 13.5 Å². The number of ether oxygens (including phenoxy) is 1. The molecule has 4 nitrogen and oxygen atoms in total. The van der Waals surface area contributed by atoms with Crippen LogP contribution in [0.1, 0.15) is 19.3 Å². The summed E-state index contributed by atoms with van der Waals surface area (Å²) in [7, 11) is 1.60. The molecule has 2 atom stereocenters. The summed E-state index contributed by atoms with van der Waals surface area (Å²) in [5, 5.41) is 3.23. The van der Waals surface area contributed by atoms with E-state index in [1.54, 1.807) is 7.11 Å².